The summed E-state index contributed by atoms with van der Waals surface area (Å²) in [7, 11) is 0. The lowest BCUT2D eigenvalue weighted by Crippen LogP contribution is -2.46. The normalized spacial score (nSPS) is 24.5. The Morgan fingerprint density at radius 2 is 2.20 bits per heavy atom. The second kappa shape index (κ2) is 5.35. The molecule has 4 heteroatoms. The topological polar surface area (TPSA) is 39.7 Å². The lowest BCUT2D eigenvalue weighted by molar-refractivity contribution is 0.174. The molecule has 15 heavy (non-hydrogen) atoms. The van der Waals surface area contributed by atoms with Crippen molar-refractivity contribution in [2.24, 2.45) is 4.99 Å². The van der Waals surface area contributed by atoms with Gasteiger partial charge in [0, 0.05) is 19.1 Å². The van der Waals surface area contributed by atoms with E-state index in [0.717, 1.165) is 25.6 Å². The molecule has 0 amide bonds. The molecule has 1 saturated heterocycles. The molecule has 0 aliphatic carbocycles. The van der Waals surface area contributed by atoms with Crippen LogP contribution >= 0.6 is 0 Å². The van der Waals surface area contributed by atoms with Crippen molar-refractivity contribution in [1.29, 1.82) is 0 Å². The van der Waals surface area contributed by atoms with E-state index in [4.69, 9.17) is 0 Å². The standard InChI is InChI=1S/C11H22N4/c1-10(15-7-3-2-4-8-15)9-14-11-12-5-6-13-11/h10H,2-9H2,1H3,(H2,12,13,14). The Balaban J connectivity index is 1.68. The first kappa shape index (κ1) is 10.7. The van der Waals surface area contributed by atoms with E-state index in [9.17, 15) is 0 Å². The number of nitrogens with one attached hydrogen (secondary N) is 2. The van der Waals surface area contributed by atoms with Crippen molar-refractivity contribution in [3.63, 3.8) is 0 Å². The van der Waals surface area contributed by atoms with Crippen molar-refractivity contribution in [2.45, 2.75) is 32.2 Å². The molecule has 2 aliphatic heterocycles. The SMILES string of the molecule is CC(CNC1=NCCN1)N1CCCCC1. The number of piperidine rings is 1. The van der Waals surface area contributed by atoms with Crippen LogP contribution in [-0.4, -0.2) is 49.6 Å². The molecule has 1 atom stereocenters. The van der Waals surface area contributed by atoms with Crippen molar-refractivity contribution < 1.29 is 0 Å². The Kier molecular flexibility index (Phi) is 3.83. The summed E-state index contributed by atoms with van der Waals surface area (Å²) in [5.74, 6) is 0.985. The average molecular weight is 210 g/mol. The van der Waals surface area contributed by atoms with E-state index in [2.05, 4.69) is 27.4 Å². The van der Waals surface area contributed by atoms with Crippen molar-refractivity contribution in [1.82, 2.24) is 15.5 Å². The number of likely N-dealkylation sites (tertiary alicyclic amines) is 1. The van der Waals surface area contributed by atoms with Crippen LogP contribution < -0.4 is 10.6 Å². The van der Waals surface area contributed by atoms with Crippen LogP contribution in [0.3, 0.4) is 0 Å². The Hall–Kier alpha value is -0.770. The number of hydrogen-bond donors (Lipinski definition) is 2. The van der Waals surface area contributed by atoms with Crippen molar-refractivity contribution in [3.8, 4) is 0 Å². The molecule has 1 fully saturated rings. The van der Waals surface area contributed by atoms with Gasteiger partial charge in [-0.25, -0.2) is 0 Å². The van der Waals surface area contributed by atoms with Gasteiger partial charge in [0.15, 0.2) is 5.96 Å². The molecule has 2 rings (SSSR count). The maximum atomic E-state index is 4.33. The molecule has 2 heterocycles. The van der Waals surface area contributed by atoms with Crippen molar-refractivity contribution in [3.05, 3.63) is 0 Å². The Labute approximate surface area is 92.1 Å². The zero-order valence-electron chi connectivity index (χ0n) is 9.63. The van der Waals surface area contributed by atoms with Crippen molar-refractivity contribution >= 4 is 5.96 Å². The summed E-state index contributed by atoms with van der Waals surface area (Å²) in [4.78, 5) is 6.90. The van der Waals surface area contributed by atoms with E-state index < -0.39 is 0 Å². The number of hydrogen-bond acceptors (Lipinski definition) is 4. The highest BCUT2D eigenvalue weighted by atomic mass is 15.2. The van der Waals surface area contributed by atoms with Gasteiger partial charge in [-0.15, -0.1) is 0 Å². The zero-order chi connectivity index (χ0) is 10.5. The third-order valence-electron chi connectivity index (χ3n) is 3.25. The Bertz CT molecular complexity index is 221. The molecule has 0 radical (unpaired) electrons. The van der Waals surface area contributed by atoms with Gasteiger partial charge in [0.1, 0.15) is 0 Å². The van der Waals surface area contributed by atoms with Gasteiger partial charge in [0.05, 0.1) is 6.54 Å². The molecule has 0 aromatic carbocycles. The first-order chi connectivity index (χ1) is 7.36. The highest BCUT2D eigenvalue weighted by Gasteiger charge is 2.16. The molecule has 0 spiro atoms. The fourth-order valence-corrected chi connectivity index (χ4v) is 2.25. The maximum absolute atomic E-state index is 4.33. The zero-order valence-corrected chi connectivity index (χ0v) is 9.63. The first-order valence-electron chi connectivity index (χ1n) is 6.12. The Morgan fingerprint density at radius 1 is 1.40 bits per heavy atom. The van der Waals surface area contributed by atoms with E-state index in [-0.39, 0.29) is 0 Å². The third kappa shape index (κ3) is 3.09. The minimum Gasteiger partial charge on any atom is -0.355 e. The minimum atomic E-state index is 0.621. The molecule has 1 unspecified atom stereocenters. The van der Waals surface area contributed by atoms with Gasteiger partial charge >= 0.3 is 0 Å². The van der Waals surface area contributed by atoms with E-state index in [1.165, 1.54) is 32.4 Å². The summed E-state index contributed by atoms with van der Waals surface area (Å²) >= 11 is 0. The fraction of sp³-hybridized carbons (Fsp3) is 0.909. The number of rotatable bonds is 3. The van der Waals surface area contributed by atoms with E-state index in [1.807, 2.05) is 0 Å². The highest BCUT2D eigenvalue weighted by molar-refractivity contribution is 5.81. The molecule has 0 aromatic rings. The van der Waals surface area contributed by atoms with Crippen LogP contribution in [0, 0.1) is 0 Å². The summed E-state index contributed by atoms with van der Waals surface area (Å²) in [6.07, 6.45) is 4.14. The second-order valence-corrected chi connectivity index (χ2v) is 4.48. The fourth-order valence-electron chi connectivity index (χ4n) is 2.25. The summed E-state index contributed by atoms with van der Waals surface area (Å²) in [6, 6.07) is 0.621. The van der Waals surface area contributed by atoms with Gasteiger partial charge < -0.3 is 10.6 Å². The van der Waals surface area contributed by atoms with Gasteiger partial charge in [0.2, 0.25) is 0 Å². The number of guanidine groups is 1. The quantitative estimate of drug-likeness (QED) is 0.709. The lowest BCUT2D eigenvalue weighted by atomic mass is 10.1. The summed E-state index contributed by atoms with van der Waals surface area (Å²) in [5, 5.41) is 6.61. The maximum Gasteiger partial charge on any atom is 0.191 e. The molecular weight excluding hydrogens is 188 g/mol. The van der Waals surface area contributed by atoms with Gasteiger partial charge in [0.25, 0.3) is 0 Å². The first-order valence-corrected chi connectivity index (χ1v) is 6.12. The molecule has 0 saturated carbocycles. The van der Waals surface area contributed by atoms with Crippen LogP contribution in [-0.2, 0) is 0 Å². The highest BCUT2D eigenvalue weighted by Crippen LogP contribution is 2.11. The van der Waals surface area contributed by atoms with Crippen molar-refractivity contribution in [2.75, 3.05) is 32.7 Å². The minimum absolute atomic E-state index is 0.621. The molecule has 86 valence electrons. The molecule has 0 aromatic heterocycles. The smallest absolute Gasteiger partial charge is 0.191 e. The van der Waals surface area contributed by atoms with Crippen LogP contribution in [0.5, 0.6) is 0 Å². The van der Waals surface area contributed by atoms with E-state index in [0.29, 0.717) is 6.04 Å². The molecule has 2 aliphatic rings. The van der Waals surface area contributed by atoms with Gasteiger partial charge in [-0.1, -0.05) is 6.42 Å². The summed E-state index contributed by atoms with van der Waals surface area (Å²) < 4.78 is 0. The van der Waals surface area contributed by atoms with E-state index >= 15 is 0 Å². The van der Waals surface area contributed by atoms with Gasteiger partial charge in [-0.2, -0.15) is 0 Å². The average Bonchev–Trinajstić information content (AvgIpc) is 2.80. The molecular formula is C11H22N4. The predicted octanol–water partition coefficient (Wildman–Crippen LogP) is 0.410. The lowest BCUT2D eigenvalue weighted by Gasteiger charge is -2.32. The van der Waals surface area contributed by atoms with E-state index in [1.54, 1.807) is 0 Å². The molecule has 0 bridgehead atoms. The second-order valence-electron chi connectivity index (χ2n) is 4.48. The van der Waals surface area contributed by atoms with Crippen LogP contribution in [0.15, 0.2) is 4.99 Å². The Morgan fingerprint density at radius 3 is 2.87 bits per heavy atom. The predicted molar refractivity (Wildman–Crippen MR) is 63.2 cm³/mol. The number of nitrogens with zero attached hydrogens (tertiary/aromatic N) is 2. The third-order valence-corrected chi connectivity index (χ3v) is 3.25. The van der Waals surface area contributed by atoms with Crippen LogP contribution in [0.2, 0.25) is 0 Å². The van der Waals surface area contributed by atoms with Crippen LogP contribution in [0.4, 0.5) is 0 Å². The summed E-state index contributed by atoms with van der Waals surface area (Å²) in [6.45, 7) is 7.74. The van der Waals surface area contributed by atoms with Crippen LogP contribution in [0.25, 0.3) is 0 Å². The van der Waals surface area contributed by atoms with Gasteiger partial charge in [-0.3, -0.25) is 9.89 Å². The van der Waals surface area contributed by atoms with Gasteiger partial charge in [-0.05, 0) is 32.9 Å². The largest absolute Gasteiger partial charge is 0.355 e. The number of aliphatic imine (C=N–C) groups is 1. The molecule has 4 nitrogen and oxygen atoms in total. The summed E-state index contributed by atoms with van der Waals surface area (Å²) in [5.41, 5.74) is 0. The monoisotopic (exact) mass is 210 g/mol. The molecule has 2 N–H and O–H groups in total. The van der Waals surface area contributed by atoms with Crippen LogP contribution in [0.1, 0.15) is 26.2 Å².